The first-order valence-electron chi connectivity index (χ1n) is 4.83. The molecule has 0 aliphatic heterocycles. The van der Waals surface area contributed by atoms with Crippen molar-refractivity contribution in [3.8, 4) is 0 Å². The van der Waals surface area contributed by atoms with E-state index in [-0.39, 0.29) is 0 Å². The zero-order valence-corrected chi connectivity index (χ0v) is 7.01. The van der Waals surface area contributed by atoms with E-state index in [1.165, 1.54) is 38.5 Å². The first-order chi connectivity index (χ1) is 5.45. The molecular formula is C9H17NO. The molecule has 2 fully saturated rings. The summed E-state index contributed by atoms with van der Waals surface area (Å²) in [6.45, 7) is 1.08. The number of nitrogens with one attached hydrogen (secondary N) is 1. The lowest BCUT2D eigenvalue weighted by molar-refractivity contribution is -0.0223. The molecule has 0 amide bonds. The van der Waals surface area contributed by atoms with Crippen molar-refractivity contribution < 1.29 is 4.84 Å². The molecular weight excluding hydrogens is 138 g/mol. The smallest absolute Gasteiger partial charge is 0.0790 e. The van der Waals surface area contributed by atoms with Gasteiger partial charge < -0.3 is 0 Å². The number of hydrogen-bond acceptors (Lipinski definition) is 2. The van der Waals surface area contributed by atoms with Crippen molar-refractivity contribution in [3.63, 3.8) is 0 Å². The van der Waals surface area contributed by atoms with Crippen LogP contribution in [-0.4, -0.2) is 12.6 Å². The van der Waals surface area contributed by atoms with Crippen LogP contribution in [-0.2, 0) is 4.84 Å². The van der Waals surface area contributed by atoms with Crippen LogP contribution < -0.4 is 5.48 Å². The maximum absolute atomic E-state index is 5.50. The fourth-order valence-corrected chi connectivity index (χ4v) is 1.61. The minimum atomic E-state index is 0.522. The van der Waals surface area contributed by atoms with Crippen molar-refractivity contribution in [2.75, 3.05) is 6.54 Å². The third-order valence-electron chi connectivity index (χ3n) is 2.62. The summed E-state index contributed by atoms with van der Waals surface area (Å²) < 4.78 is 0. The first-order valence-corrected chi connectivity index (χ1v) is 4.83. The van der Waals surface area contributed by atoms with Crippen LogP contribution in [0.4, 0.5) is 0 Å². The Kier molecular flexibility index (Phi) is 2.44. The Hall–Kier alpha value is -0.0800. The van der Waals surface area contributed by atoms with E-state index >= 15 is 0 Å². The summed E-state index contributed by atoms with van der Waals surface area (Å²) in [5.74, 6) is 0.927. The molecule has 0 aromatic rings. The van der Waals surface area contributed by atoms with Gasteiger partial charge in [0, 0.05) is 6.54 Å². The van der Waals surface area contributed by atoms with Gasteiger partial charge in [-0.05, 0) is 31.6 Å². The summed E-state index contributed by atoms with van der Waals surface area (Å²) in [7, 11) is 0. The molecule has 2 heteroatoms. The van der Waals surface area contributed by atoms with E-state index in [0.717, 1.165) is 12.5 Å². The van der Waals surface area contributed by atoms with Crippen LogP contribution in [0.2, 0.25) is 0 Å². The molecule has 2 aliphatic carbocycles. The van der Waals surface area contributed by atoms with Gasteiger partial charge in [0.05, 0.1) is 6.10 Å². The molecule has 2 rings (SSSR count). The van der Waals surface area contributed by atoms with Crippen molar-refractivity contribution in [3.05, 3.63) is 0 Å². The van der Waals surface area contributed by atoms with Gasteiger partial charge in [0.25, 0.3) is 0 Å². The van der Waals surface area contributed by atoms with Gasteiger partial charge in [-0.15, -0.1) is 0 Å². The largest absolute Gasteiger partial charge is 0.299 e. The standard InChI is InChI=1S/C9H17NO/c1-2-4-9(3-1)11-10-7-8-5-6-8/h8-10H,1-7H2. The van der Waals surface area contributed by atoms with Gasteiger partial charge in [-0.25, -0.2) is 5.48 Å². The monoisotopic (exact) mass is 155 g/mol. The number of rotatable bonds is 4. The van der Waals surface area contributed by atoms with Crippen LogP contribution >= 0.6 is 0 Å². The van der Waals surface area contributed by atoms with Crippen LogP contribution in [0.3, 0.4) is 0 Å². The highest BCUT2D eigenvalue weighted by molar-refractivity contribution is 4.74. The summed E-state index contributed by atoms with van der Waals surface area (Å²) in [5, 5.41) is 0. The Bertz CT molecular complexity index is 117. The molecule has 0 unspecified atom stereocenters. The van der Waals surface area contributed by atoms with Crippen LogP contribution in [0.1, 0.15) is 38.5 Å². The number of hydroxylamine groups is 1. The Balaban J connectivity index is 1.51. The predicted octanol–water partition coefficient (Wildman–Crippen LogP) is 1.86. The Morgan fingerprint density at radius 1 is 1.09 bits per heavy atom. The summed E-state index contributed by atoms with van der Waals surface area (Å²) in [5.41, 5.74) is 3.09. The minimum absolute atomic E-state index is 0.522. The van der Waals surface area contributed by atoms with Gasteiger partial charge in [0.2, 0.25) is 0 Å². The zero-order valence-electron chi connectivity index (χ0n) is 7.01. The van der Waals surface area contributed by atoms with E-state index in [1.807, 2.05) is 0 Å². The van der Waals surface area contributed by atoms with Crippen molar-refractivity contribution >= 4 is 0 Å². The minimum Gasteiger partial charge on any atom is -0.299 e. The van der Waals surface area contributed by atoms with Gasteiger partial charge in [0.15, 0.2) is 0 Å². The molecule has 0 aromatic heterocycles. The summed E-state index contributed by atoms with van der Waals surface area (Å²) >= 11 is 0. The third-order valence-corrected chi connectivity index (χ3v) is 2.62. The third kappa shape index (κ3) is 2.46. The van der Waals surface area contributed by atoms with Crippen LogP contribution in [0.25, 0.3) is 0 Å². The molecule has 0 aromatic carbocycles. The number of hydrogen-bond donors (Lipinski definition) is 1. The molecule has 2 aliphatic rings. The van der Waals surface area contributed by atoms with Crippen LogP contribution in [0.15, 0.2) is 0 Å². The van der Waals surface area contributed by atoms with Crippen LogP contribution in [0, 0.1) is 5.92 Å². The lowest BCUT2D eigenvalue weighted by Gasteiger charge is -2.10. The topological polar surface area (TPSA) is 21.3 Å². The second kappa shape index (κ2) is 3.55. The van der Waals surface area contributed by atoms with E-state index in [0.29, 0.717) is 6.10 Å². The maximum atomic E-state index is 5.50. The Morgan fingerprint density at radius 3 is 2.45 bits per heavy atom. The van der Waals surface area contributed by atoms with Gasteiger partial charge in [-0.2, -0.15) is 0 Å². The van der Waals surface area contributed by atoms with E-state index in [1.54, 1.807) is 0 Å². The molecule has 0 heterocycles. The lowest BCUT2D eigenvalue weighted by atomic mass is 10.3. The molecule has 11 heavy (non-hydrogen) atoms. The van der Waals surface area contributed by atoms with Gasteiger partial charge in [-0.1, -0.05) is 12.8 Å². The molecule has 64 valence electrons. The maximum Gasteiger partial charge on any atom is 0.0790 e. The summed E-state index contributed by atoms with van der Waals surface area (Å²) in [4.78, 5) is 5.50. The zero-order chi connectivity index (χ0) is 7.52. The fourth-order valence-electron chi connectivity index (χ4n) is 1.61. The quantitative estimate of drug-likeness (QED) is 0.626. The highest BCUT2D eigenvalue weighted by Crippen LogP contribution is 2.28. The van der Waals surface area contributed by atoms with E-state index in [9.17, 15) is 0 Å². The summed E-state index contributed by atoms with van der Waals surface area (Å²) in [6.07, 6.45) is 8.57. The molecule has 2 saturated carbocycles. The predicted molar refractivity (Wildman–Crippen MR) is 44.1 cm³/mol. The molecule has 2 nitrogen and oxygen atoms in total. The average molecular weight is 155 g/mol. The van der Waals surface area contributed by atoms with E-state index < -0.39 is 0 Å². The van der Waals surface area contributed by atoms with Crippen LogP contribution in [0.5, 0.6) is 0 Å². The van der Waals surface area contributed by atoms with Crippen molar-refractivity contribution in [1.82, 2.24) is 5.48 Å². The average Bonchev–Trinajstić information content (AvgIpc) is 2.66. The molecule has 0 spiro atoms. The normalized spacial score (nSPS) is 26.2. The molecule has 0 bridgehead atoms. The van der Waals surface area contributed by atoms with E-state index in [4.69, 9.17) is 4.84 Å². The summed E-state index contributed by atoms with van der Waals surface area (Å²) in [6, 6.07) is 0. The molecule has 0 saturated heterocycles. The SMILES string of the molecule is C1CCC(ONCC2CC2)C1. The molecule has 0 radical (unpaired) electrons. The van der Waals surface area contributed by atoms with Crippen molar-refractivity contribution in [2.45, 2.75) is 44.6 Å². The lowest BCUT2D eigenvalue weighted by Crippen LogP contribution is -2.23. The second-order valence-corrected chi connectivity index (χ2v) is 3.82. The van der Waals surface area contributed by atoms with Gasteiger partial charge >= 0.3 is 0 Å². The Morgan fingerprint density at radius 2 is 1.82 bits per heavy atom. The Labute approximate surface area is 68.3 Å². The second-order valence-electron chi connectivity index (χ2n) is 3.82. The highest BCUT2D eigenvalue weighted by Gasteiger charge is 2.22. The van der Waals surface area contributed by atoms with Crippen molar-refractivity contribution in [1.29, 1.82) is 0 Å². The van der Waals surface area contributed by atoms with Gasteiger partial charge in [0.1, 0.15) is 0 Å². The highest BCUT2D eigenvalue weighted by atomic mass is 16.7. The fraction of sp³-hybridized carbons (Fsp3) is 1.00. The van der Waals surface area contributed by atoms with E-state index in [2.05, 4.69) is 5.48 Å². The molecule has 0 atom stereocenters. The van der Waals surface area contributed by atoms with Gasteiger partial charge in [-0.3, -0.25) is 4.84 Å². The van der Waals surface area contributed by atoms with Crippen molar-refractivity contribution in [2.24, 2.45) is 5.92 Å². The molecule has 1 N–H and O–H groups in total. The first kappa shape index (κ1) is 7.56.